The molecule has 0 spiro atoms. The van der Waals surface area contributed by atoms with Gasteiger partial charge in [0, 0.05) is 12.1 Å². The molecule has 2 nitrogen and oxygen atoms in total. The monoisotopic (exact) mass is 252 g/mol. The van der Waals surface area contributed by atoms with E-state index in [1.165, 1.54) is 11.9 Å². The third kappa shape index (κ3) is 4.84. The van der Waals surface area contributed by atoms with Crippen LogP contribution in [-0.4, -0.2) is 36.8 Å². The van der Waals surface area contributed by atoms with Crippen molar-refractivity contribution in [2.75, 3.05) is 13.6 Å². The number of hydrogen-bond donors (Lipinski definition) is 1. The van der Waals surface area contributed by atoms with Gasteiger partial charge in [0.05, 0.1) is 6.54 Å². The van der Waals surface area contributed by atoms with Crippen LogP contribution < -0.4 is 5.73 Å². The first-order valence-electron chi connectivity index (χ1n) is 6.36. The van der Waals surface area contributed by atoms with Gasteiger partial charge in [-0.1, -0.05) is 19.8 Å². The molecule has 1 saturated carbocycles. The lowest BCUT2D eigenvalue weighted by Gasteiger charge is -2.39. The second-order valence-electron chi connectivity index (χ2n) is 5.23. The highest BCUT2D eigenvalue weighted by Crippen LogP contribution is 2.31. The van der Waals surface area contributed by atoms with E-state index >= 15 is 0 Å². The van der Waals surface area contributed by atoms with Crippen LogP contribution in [0.5, 0.6) is 0 Å². The quantitative estimate of drug-likeness (QED) is 0.833. The maximum absolute atomic E-state index is 12.4. The van der Waals surface area contributed by atoms with Crippen LogP contribution in [0.15, 0.2) is 0 Å². The van der Waals surface area contributed by atoms with Crippen molar-refractivity contribution in [2.45, 2.75) is 57.3 Å². The lowest BCUT2D eigenvalue weighted by Crippen LogP contribution is -2.52. The number of halogens is 3. The Labute approximate surface area is 101 Å². The lowest BCUT2D eigenvalue weighted by molar-refractivity contribution is -0.150. The van der Waals surface area contributed by atoms with Crippen LogP contribution >= 0.6 is 0 Å². The van der Waals surface area contributed by atoms with Gasteiger partial charge in [0.15, 0.2) is 0 Å². The van der Waals surface area contributed by atoms with E-state index in [4.69, 9.17) is 5.73 Å². The Hall–Kier alpha value is -0.290. The van der Waals surface area contributed by atoms with E-state index in [2.05, 4.69) is 6.92 Å². The van der Waals surface area contributed by atoms with E-state index in [0.29, 0.717) is 5.92 Å². The van der Waals surface area contributed by atoms with Gasteiger partial charge in [-0.3, -0.25) is 4.90 Å². The van der Waals surface area contributed by atoms with Gasteiger partial charge < -0.3 is 5.73 Å². The fourth-order valence-corrected chi connectivity index (χ4v) is 2.83. The van der Waals surface area contributed by atoms with Crippen molar-refractivity contribution >= 4 is 0 Å². The highest BCUT2D eigenvalue weighted by atomic mass is 19.4. The highest BCUT2D eigenvalue weighted by Gasteiger charge is 2.36. The topological polar surface area (TPSA) is 29.3 Å². The zero-order valence-electron chi connectivity index (χ0n) is 10.6. The summed E-state index contributed by atoms with van der Waals surface area (Å²) in [6, 6.07) is -0.239. The molecule has 0 aromatic carbocycles. The maximum Gasteiger partial charge on any atom is 0.401 e. The Balaban J connectivity index is 2.54. The molecule has 3 unspecified atom stereocenters. The summed E-state index contributed by atoms with van der Waals surface area (Å²) in [5.74, 6) is 0.542. The summed E-state index contributed by atoms with van der Waals surface area (Å²) in [5, 5.41) is 0. The number of rotatable bonds is 4. The number of alkyl halides is 3. The minimum Gasteiger partial charge on any atom is -0.326 e. The number of nitrogens with zero attached hydrogens (tertiary/aromatic N) is 1. The van der Waals surface area contributed by atoms with Crippen molar-refractivity contribution < 1.29 is 13.2 Å². The normalized spacial score (nSPS) is 30.9. The van der Waals surface area contributed by atoms with Crippen LogP contribution in [0.25, 0.3) is 0 Å². The van der Waals surface area contributed by atoms with Crippen molar-refractivity contribution in [1.29, 1.82) is 0 Å². The lowest BCUT2D eigenvalue weighted by atomic mass is 9.80. The zero-order valence-corrected chi connectivity index (χ0v) is 10.6. The Bertz CT molecular complexity index is 230. The first-order chi connectivity index (χ1) is 7.83. The van der Waals surface area contributed by atoms with E-state index in [1.54, 1.807) is 0 Å². The largest absolute Gasteiger partial charge is 0.401 e. The van der Waals surface area contributed by atoms with Gasteiger partial charge in [-0.15, -0.1) is 0 Å². The summed E-state index contributed by atoms with van der Waals surface area (Å²) in [6.07, 6.45) is 0.773. The summed E-state index contributed by atoms with van der Waals surface area (Å²) < 4.78 is 37.1. The van der Waals surface area contributed by atoms with Gasteiger partial charge in [0.2, 0.25) is 0 Å². The smallest absolute Gasteiger partial charge is 0.326 e. The predicted molar refractivity (Wildman–Crippen MR) is 62.7 cm³/mol. The molecule has 17 heavy (non-hydrogen) atoms. The van der Waals surface area contributed by atoms with Crippen LogP contribution in [0.1, 0.15) is 39.0 Å². The third-order valence-electron chi connectivity index (χ3n) is 3.67. The summed E-state index contributed by atoms with van der Waals surface area (Å²) in [7, 11) is 1.53. The van der Waals surface area contributed by atoms with E-state index in [0.717, 1.165) is 32.1 Å². The molecule has 0 aromatic rings. The molecule has 2 N–H and O–H groups in total. The van der Waals surface area contributed by atoms with E-state index in [1.807, 2.05) is 0 Å². The number of hydrogen-bond acceptors (Lipinski definition) is 2. The second-order valence-corrected chi connectivity index (χ2v) is 5.23. The average Bonchev–Trinajstić information content (AvgIpc) is 2.18. The Kier molecular flexibility index (Phi) is 5.25. The first kappa shape index (κ1) is 14.8. The summed E-state index contributed by atoms with van der Waals surface area (Å²) in [5.41, 5.74) is 5.95. The first-order valence-corrected chi connectivity index (χ1v) is 6.36. The van der Waals surface area contributed by atoms with E-state index < -0.39 is 12.7 Å². The fourth-order valence-electron chi connectivity index (χ4n) is 2.83. The van der Waals surface area contributed by atoms with Crippen molar-refractivity contribution in [3.05, 3.63) is 0 Å². The Morgan fingerprint density at radius 2 is 1.94 bits per heavy atom. The zero-order chi connectivity index (χ0) is 13.1. The maximum atomic E-state index is 12.4. The van der Waals surface area contributed by atoms with Crippen molar-refractivity contribution in [3.8, 4) is 0 Å². The van der Waals surface area contributed by atoms with Crippen molar-refractivity contribution in [3.63, 3.8) is 0 Å². The molecule has 0 saturated heterocycles. The summed E-state index contributed by atoms with van der Waals surface area (Å²) in [6.45, 7) is 1.26. The van der Waals surface area contributed by atoms with Gasteiger partial charge in [-0.25, -0.2) is 0 Å². The second kappa shape index (κ2) is 6.05. The predicted octanol–water partition coefficient (Wildman–Crippen LogP) is 2.78. The van der Waals surface area contributed by atoms with Gasteiger partial charge in [-0.2, -0.15) is 13.2 Å². The van der Waals surface area contributed by atoms with Crippen molar-refractivity contribution in [1.82, 2.24) is 4.90 Å². The van der Waals surface area contributed by atoms with Gasteiger partial charge >= 0.3 is 6.18 Å². The van der Waals surface area contributed by atoms with Gasteiger partial charge in [-0.05, 0) is 32.2 Å². The minimum absolute atomic E-state index is 0.115. The molecule has 5 heteroatoms. The minimum atomic E-state index is -4.13. The highest BCUT2D eigenvalue weighted by molar-refractivity contribution is 4.88. The molecule has 3 atom stereocenters. The van der Waals surface area contributed by atoms with Gasteiger partial charge in [0.25, 0.3) is 0 Å². The van der Waals surface area contributed by atoms with E-state index in [-0.39, 0.29) is 12.1 Å². The molecular formula is C12H23F3N2. The molecule has 0 bridgehead atoms. The molecule has 0 aromatic heterocycles. The number of nitrogens with two attached hydrogens (primary N) is 1. The standard InChI is InChI=1S/C12H23F3N2/c1-3-4-9-5-6-10(16)11(7-9)17(2)8-12(13,14)15/h9-11H,3-8,16H2,1-2H3. The average molecular weight is 252 g/mol. The Morgan fingerprint density at radius 3 is 2.47 bits per heavy atom. The fraction of sp³-hybridized carbons (Fsp3) is 1.00. The molecule has 1 fully saturated rings. The molecule has 0 heterocycles. The van der Waals surface area contributed by atoms with Crippen LogP contribution in [0, 0.1) is 5.92 Å². The number of likely N-dealkylation sites (N-methyl/N-ethyl adjacent to an activating group) is 1. The molecule has 0 amide bonds. The van der Waals surface area contributed by atoms with Crippen molar-refractivity contribution in [2.24, 2.45) is 11.7 Å². The molecule has 0 radical (unpaired) electrons. The molecule has 102 valence electrons. The van der Waals surface area contributed by atoms with Crippen LogP contribution in [0.3, 0.4) is 0 Å². The molecule has 0 aliphatic heterocycles. The molecule has 1 aliphatic carbocycles. The molecular weight excluding hydrogens is 229 g/mol. The Morgan fingerprint density at radius 1 is 1.29 bits per heavy atom. The van der Waals surface area contributed by atoms with Crippen LogP contribution in [-0.2, 0) is 0 Å². The SMILES string of the molecule is CCCC1CCC(N)C(N(C)CC(F)(F)F)C1. The third-order valence-corrected chi connectivity index (χ3v) is 3.67. The molecule has 1 aliphatic rings. The molecule has 1 rings (SSSR count). The van der Waals surface area contributed by atoms with Crippen LogP contribution in [0.4, 0.5) is 13.2 Å². The summed E-state index contributed by atoms with van der Waals surface area (Å²) in [4.78, 5) is 1.38. The van der Waals surface area contributed by atoms with Gasteiger partial charge in [0.1, 0.15) is 0 Å². The van der Waals surface area contributed by atoms with E-state index in [9.17, 15) is 13.2 Å². The van der Waals surface area contributed by atoms with Crippen LogP contribution in [0.2, 0.25) is 0 Å². The summed E-state index contributed by atoms with van der Waals surface area (Å²) >= 11 is 0.